The lowest BCUT2D eigenvalue weighted by atomic mass is 10.0. The Kier molecular flexibility index (Phi) is 6.24. The van der Waals surface area contributed by atoms with E-state index in [0.29, 0.717) is 6.42 Å². The number of sulfonamides is 1. The number of nitrogens with zero attached hydrogens (tertiary/aromatic N) is 2. The molecule has 0 spiro atoms. The number of amides is 1. The van der Waals surface area contributed by atoms with Crippen molar-refractivity contribution in [1.82, 2.24) is 9.62 Å². The molecule has 1 aliphatic rings. The van der Waals surface area contributed by atoms with Gasteiger partial charge in [-0.3, -0.25) is 4.79 Å². The molecule has 1 amide bonds. The molecule has 1 saturated heterocycles. The van der Waals surface area contributed by atoms with E-state index in [-0.39, 0.29) is 35.9 Å². The molecule has 0 bridgehead atoms. The van der Waals surface area contributed by atoms with Crippen LogP contribution < -0.4 is 10.2 Å². The molecule has 29 heavy (non-hydrogen) atoms. The van der Waals surface area contributed by atoms with Crippen LogP contribution in [0.3, 0.4) is 0 Å². The van der Waals surface area contributed by atoms with Crippen molar-refractivity contribution in [2.45, 2.75) is 24.3 Å². The molecule has 0 radical (unpaired) electrons. The molecule has 0 unspecified atom stereocenters. The van der Waals surface area contributed by atoms with Crippen molar-refractivity contribution in [2.24, 2.45) is 5.92 Å². The number of carbonyl (C=O) groups is 1. The maximum absolute atomic E-state index is 13.0. The summed E-state index contributed by atoms with van der Waals surface area (Å²) in [6.07, 6.45) is 0.698. The van der Waals surface area contributed by atoms with Gasteiger partial charge in [-0.15, -0.1) is 0 Å². The van der Waals surface area contributed by atoms with Crippen LogP contribution in [0.15, 0.2) is 53.4 Å². The third-order valence-corrected chi connectivity index (χ3v) is 6.90. The summed E-state index contributed by atoms with van der Waals surface area (Å²) in [7, 11) is 0.273. The molecule has 8 heteroatoms. The second-order valence-electron chi connectivity index (χ2n) is 7.65. The maximum atomic E-state index is 13.0. The Balaban J connectivity index is 1.50. The van der Waals surface area contributed by atoms with Crippen molar-refractivity contribution in [2.75, 3.05) is 32.1 Å². The van der Waals surface area contributed by atoms with Gasteiger partial charge in [0.15, 0.2) is 0 Å². The first-order valence-corrected chi connectivity index (χ1v) is 10.9. The number of halogens is 1. The second kappa shape index (κ2) is 8.51. The van der Waals surface area contributed by atoms with Gasteiger partial charge in [-0.2, -0.15) is 4.31 Å². The zero-order valence-corrected chi connectivity index (χ0v) is 17.6. The molecule has 1 aliphatic heterocycles. The Bertz CT molecular complexity index is 954. The minimum atomic E-state index is -3.69. The Morgan fingerprint density at radius 2 is 1.72 bits per heavy atom. The molecule has 2 aromatic carbocycles. The number of hydrogen-bond donors (Lipinski definition) is 1. The van der Waals surface area contributed by atoms with Gasteiger partial charge in [0.1, 0.15) is 5.82 Å². The molecule has 0 aliphatic carbocycles. The number of rotatable bonds is 7. The van der Waals surface area contributed by atoms with E-state index in [1.54, 1.807) is 0 Å². The molecule has 3 rings (SSSR count). The lowest BCUT2D eigenvalue weighted by molar-refractivity contribution is -0.128. The Hall–Kier alpha value is -2.45. The Morgan fingerprint density at radius 3 is 2.28 bits per heavy atom. The number of hydrogen-bond acceptors (Lipinski definition) is 4. The number of benzene rings is 2. The molecular formula is C21H26FN3O3S. The summed E-state index contributed by atoms with van der Waals surface area (Å²) in [5, 5.41) is 2.97. The highest BCUT2D eigenvalue weighted by Crippen LogP contribution is 2.25. The zero-order valence-electron chi connectivity index (χ0n) is 16.8. The van der Waals surface area contributed by atoms with Gasteiger partial charge in [0, 0.05) is 38.9 Å². The minimum absolute atomic E-state index is 0.0345. The lowest BCUT2D eigenvalue weighted by Gasteiger charge is -2.37. The fraction of sp³-hybridized carbons (Fsp3) is 0.381. The fourth-order valence-electron chi connectivity index (χ4n) is 3.25. The normalized spacial score (nSPS) is 16.1. The monoisotopic (exact) mass is 419 g/mol. The van der Waals surface area contributed by atoms with Gasteiger partial charge in [-0.1, -0.05) is 12.1 Å². The van der Waals surface area contributed by atoms with Crippen LogP contribution in [-0.2, 0) is 21.2 Å². The largest absolute Gasteiger partial charge is 0.378 e. The van der Waals surface area contributed by atoms with Crippen LogP contribution in [0.5, 0.6) is 0 Å². The molecule has 1 N–H and O–H groups in total. The maximum Gasteiger partial charge on any atom is 0.243 e. The highest BCUT2D eigenvalue weighted by molar-refractivity contribution is 7.89. The highest BCUT2D eigenvalue weighted by atomic mass is 32.2. The summed E-state index contributed by atoms with van der Waals surface area (Å²) in [5.41, 5.74) is 2.24. The molecule has 6 nitrogen and oxygen atoms in total. The van der Waals surface area contributed by atoms with E-state index in [1.807, 2.05) is 50.2 Å². The SMILES string of the molecule is C[C@@H](Cc1ccc(N(C)C)cc1)NC(=O)C1CN(S(=O)(=O)c2ccc(F)cc2)C1. The molecular weight excluding hydrogens is 393 g/mol. The molecule has 1 heterocycles. The summed E-state index contributed by atoms with van der Waals surface area (Å²) in [6, 6.07) is 12.8. The topological polar surface area (TPSA) is 69.7 Å². The van der Waals surface area contributed by atoms with E-state index in [1.165, 1.54) is 16.4 Å². The zero-order chi connectivity index (χ0) is 21.2. The highest BCUT2D eigenvalue weighted by Gasteiger charge is 2.40. The average Bonchev–Trinajstić information content (AvgIpc) is 2.60. The van der Waals surface area contributed by atoms with Gasteiger partial charge in [0.05, 0.1) is 10.8 Å². The van der Waals surface area contributed by atoms with Gasteiger partial charge in [0.2, 0.25) is 15.9 Å². The van der Waals surface area contributed by atoms with Crippen LogP contribution in [0.4, 0.5) is 10.1 Å². The summed E-state index contributed by atoms with van der Waals surface area (Å²) in [5.74, 6) is -1.01. The molecule has 0 aromatic heterocycles. The van der Waals surface area contributed by atoms with Crippen molar-refractivity contribution in [1.29, 1.82) is 0 Å². The molecule has 0 saturated carbocycles. The Morgan fingerprint density at radius 1 is 1.14 bits per heavy atom. The average molecular weight is 420 g/mol. The standard InChI is InChI=1S/C21H26FN3O3S/c1-15(12-16-4-8-19(9-5-16)24(2)3)23-21(26)17-13-25(14-17)29(27,28)20-10-6-18(22)7-11-20/h4-11,15,17H,12-14H2,1-3H3,(H,23,26)/t15-/m0/s1. The predicted octanol–water partition coefficient (Wildman–Crippen LogP) is 2.26. The first-order chi connectivity index (χ1) is 13.7. The van der Waals surface area contributed by atoms with Crippen LogP contribution >= 0.6 is 0 Å². The van der Waals surface area contributed by atoms with Crippen LogP contribution in [0.25, 0.3) is 0 Å². The number of carbonyl (C=O) groups excluding carboxylic acids is 1. The van der Waals surface area contributed by atoms with Crippen molar-refractivity contribution >= 4 is 21.6 Å². The van der Waals surface area contributed by atoms with Gasteiger partial charge in [0.25, 0.3) is 0 Å². The van der Waals surface area contributed by atoms with E-state index < -0.39 is 15.8 Å². The first kappa shape index (κ1) is 21.3. The number of nitrogens with one attached hydrogen (secondary N) is 1. The summed E-state index contributed by atoms with van der Waals surface area (Å²) in [6.45, 7) is 2.20. The predicted molar refractivity (Wildman–Crippen MR) is 111 cm³/mol. The fourth-order valence-corrected chi connectivity index (χ4v) is 4.78. The summed E-state index contributed by atoms with van der Waals surface area (Å²) >= 11 is 0. The minimum Gasteiger partial charge on any atom is -0.378 e. The smallest absolute Gasteiger partial charge is 0.243 e. The Labute approximate surface area is 171 Å². The van der Waals surface area contributed by atoms with E-state index in [4.69, 9.17) is 0 Å². The molecule has 1 atom stereocenters. The third-order valence-electron chi connectivity index (χ3n) is 5.05. The lowest BCUT2D eigenvalue weighted by Crippen LogP contribution is -2.56. The quantitative estimate of drug-likeness (QED) is 0.748. The van der Waals surface area contributed by atoms with Gasteiger partial charge < -0.3 is 10.2 Å². The van der Waals surface area contributed by atoms with E-state index in [9.17, 15) is 17.6 Å². The van der Waals surface area contributed by atoms with Crippen molar-refractivity contribution < 1.29 is 17.6 Å². The van der Waals surface area contributed by atoms with Gasteiger partial charge in [-0.25, -0.2) is 12.8 Å². The molecule has 1 fully saturated rings. The third kappa shape index (κ3) is 4.94. The van der Waals surface area contributed by atoms with Crippen LogP contribution in [-0.4, -0.2) is 51.9 Å². The van der Waals surface area contributed by atoms with Crippen LogP contribution in [0, 0.1) is 11.7 Å². The van der Waals surface area contributed by atoms with Crippen molar-refractivity contribution in [3.63, 3.8) is 0 Å². The summed E-state index contributed by atoms with van der Waals surface area (Å²) < 4.78 is 39.3. The van der Waals surface area contributed by atoms with E-state index in [0.717, 1.165) is 23.4 Å². The first-order valence-electron chi connectivity index (χ1n) is 9.49. The van der Waals surface area contributed by atoms with Gasteiger partial charge >= 0.3 is 0 Å². The molecule has 2 aromatic rings. The van der Waals surface area contributed by atoms with Crippen LogP contribution in [0.2, 0.25) is 0 Å². The van der Waals surface area contributed by atoms with Crippen molar-refractivity contribution in [3.8, 4) is 0 Å². The van der Waals surface area contributed by atoms with Gasteiger partial charge in [-0.05, 0) is 55.3 Å². The van der Waals surface area contributed by atoms with E-state index >= 15 is 0 Å². The molecule has 156 valence electrons. The van der Waals surface area contributed by atoms with Crippen LogP contribution in [0.1, 0.15) is 12.5 Å². The van der Waals surface area contributed by atoms with E-state index in [2.05, 4.69) is 5.32 Å². The second-order valence-corrected chi connectivity index (χ2v) is 9.59. The number of anilines is 1. The summed E-state index contributed by atoms with van der Waals surface area (Å²) in [4.78, 5) is 14.5. The van der Waals surface area contributed by atoms with Crippen molar-refractivity contribution in [3.05, 3.63) is 59.9 Å².